The number of benzene rings is 2. The van der Waals surface area contributed by atoms with Gasteiger partial charge in [0.25, 0.3) is 5.91 Å². The van der Waals surface area contributed by atoms with Crippen LogP contribution in [0.3, 0.4) is 0 Å². The van der Waals surface area contributed by atoms with Crippen LogP contribution in [0.25, 0.3) is 0 Å². The van der Waals surface area contributed by atoms with Crippen LogP contribution in [0, 0.1) is 13.8 Å². The average molecular weight is 327 g/mol. The molecule has 0 aliphatic rings. The van der Waals surface area contributed by atoms with E-state index in [2.05, 4.69) is 5.32 Å². The summed E-state index contributed by atoms with van der Waals surface area (Å²) in [5, 5.41) is 2.69. The Bertz CT molecular complexity index is 740. The second kappa shape index (κ2) is 8.15. The van der Waals surface area contributed by atoms with E-state index in [1.165, 1.54) is 0 Å². The van der Waals surface area contributed by atoms with E-state index < -0.39 is 11.9 Å². The number of rotatable bonds is 6. The van der Waals surface area contributed by atoms with Crippen LogP contribution in [0.4, 0.5) is 5.69 Å². The quantitative estimate of drug-likeness (QED) is 0.825. The van der Waals surface area contributed by atoms with Crippen molar-refractivity contribution in [3.05, 3.63) is 59.2 Å². The van der Waals surface area contributed by atoms with Gasteiger partial charge in [-0.15, -0.1) is 0 Å². The third kappa shape index (κ3) is 4.59. The van der Waals surface area contributed by atoms with Crippen molar-refractivity contribution in [3.8, 4) is 5.75 Å². The molecule has 126 valence electrons. The molecule has 0 unspecified atom stereocenters. The number of nitrogens with one attached hydrogen (secondary N) is 1. The smallest absolute Gasteiger partial charge is 0.338 e. The zero-order chi connectivity index (χ0) is 17.5. The van der Waals surface area contributed by atoms with E-state index in [0.717, 1.165) is 11.1 Å². The predicted octanol–water partition coefficient (Wildman–Crippen LogP) is 3.50. The maximum absolute atomic E-state index is 12.1. The molecule has 0 aliphatic heterocycles. The van der Waals surface area contributed by atoms with Crippen LogP contribution in [-0.2, 0) is 9.53 Å². The molecule has 0 saturated carbocycles. The van der Waals surface area contributed by atoms with Gasteiger partial charge in [0.15, 0.2) is 6.61 Å². The Hall–Kier alpha value is -2.82. The predicted molar refractivity (Wildman–Crippen MR) is 92.4 cm³/mol. The molecule has 0 aromatic heterocycles. The highest BCUT2D eigenvalue weighted by molar-refractivity contribution is 5.96. The molecule has 24 heavy (non-hydrogen) atoms. The van der Waals surface area contributed by atoms with Crippen molar-refractivity contribution in [1.82, 2.24) is 0 Å². The molecule has 5 heteroatoms. The van der Waals surface area contributed by atoms with E-state index in [1.54, 1.807) is 24.3 Å². The van der Waals surface area contributed by atoms with Crippen molar-refractivity contribution in [2.24, 2.45) is 0 Å². The molecule has 1 N–H and O–H groups in total. The summed E-state index contributed by atoms with van der Waals surface area (Å²) in [5.41, 5.74) is 2.79. The van der Waals surface area contributed by atoms with Crippen molar-refractivity contribution in [3.63, 3.8) is 0 Å². The van der Waals surface area contributed by atoms with Crippen molar-refractivity contribution >= 4 is 17.6 Å². The maximum Gasteiger partial charge on any atom is 0.338 e. The van der Waals surface area contributed by atoms with Gasteiger partial charge in [-0.25, -0.2) is 4.79 Å². The van der Waals surface area contributed by atoms with Gasteiger partial charge >= 0.3 is 5.97 Å². The van der Waals surface area contributed by atoms with E-state index in [9.17, 15) is 9.59 Å². The van der Waals surface area contributed by atoms with E-state index in [-0.39, 0.29) is 6.61 Å². The summed E-state index contributed by atoms with van der Waals surface area (Å²) in [6.45, 7) is 5.73. The number of amides is 1. The molecule has 2 aromatic rings. The van der Waals surface area contributed by atoms with Crippen LogP contribution in [0.5, 0.6) is 5.75 Å². The second-order valence-corrected chi connectivity index (χ2v) is 5.37. The molecular formula is C19H21NO4. The van der Waals surface area contributed by atoms with Crippen molar-refractivity contribution in [1.29, 1.82) is 0 Å². The van der Waals surface area contributed by atoms with Crippen molar-refractivity contribution < 1.29 is 19.1 Å². The summed E-state index contributed by atoms with van der Waals surface area (Å²) < 4.78 is 10.5. The summed E-state index contributed by atoms with van der Waals surface area (Å²) in [6, 6.07) is 12.6. The van der Waals surface area contributed by atoms with Crippen LogP contribution >= 0.6 is 0 Å². The zero-order valence-electron chi connectivity index (χ0n) is 14.1. The third-order valence-corrected chi connectivity index (χ3v) is 3.41. The number of hydrogen-bond acceptors (Lipinski definition) is 4. The normalized spacial score (nSPS) is 10.1. The second-order valence-electron chi connectivity index (χ2n) is 5.37. The van der Waals surface area contributed by atoms with Gasteiger partial charge in [0, 0.05) is 0 Å². The molecule has 0 saturated heterocycles. The highest BCUT2D eigenvalue weighted by Crippen LogP contribution is 2.23. The Labute approximate surface area is 141 Å². The lowest BCUT2D eigenvalue weighted by atomic mass is 10.1. The van der Waals surface area contributed by atoms with Gasteiger partial charge in [0.05, 0.1) is 17.9 Å². The first-order valence-electron chi connectivity index (χ1n) is 7.77. The van der Waals surface area contributed by atoms with Gasteiger partial charge < -0.3 is 14.8 Å². The molecule has 0 fully saturated rings. The van der Waals surface area contributed by atoms with Crippen molar-refractivity contribution in [2.75, 3.05) is 18.5 Å². The Balaban J connectivity index is 1.96. The summed E-state index contributed by atoms with van der Waals surface area (Å²) in [7, 11) is 0. The molecule has 0 heterocycles. The summed E-state index contributed by atoms with van der Waals surface area (Å²) in [4.78, 5) is 24.1. The van der Waals surface area contributed by atoms with E-state index >= 15 is 0 Å². The first kappa shape index (κ1) is 17.5. The number of para-hydroxylation sites is 2. The highest BCUT2D eigenvalue weighted by atomic mass is 16.5. The van der Waals surface area contributed by atoms with Gasteiger partial charge in [-0.2, -0.15) is 0 Å². The van der Waals surface area contributed by atoms with Crippen LogP contribution in [0.2, 0.25) is 0 Å². The van der Waals surface area contributed by atoms with Gasteiger partial charge in [-0.1, -0.05) is 29.8 Å². The van der Waals surface area contributed by atoms with Gasteiger partial charge in [0.1, 0.15) is 5.75 Å². The lowest BCUT2D eigenvalue weighted by Crippen LogP contribution is -2.21. The number of esters is 1. The minimum absolute atomic E-state index is 0.354. The van der Waals surface area contributed by atoms with Gasteiger partial charge in [0.2, 0.25) is 0 Å². The van der Waals surface area contributed by atoms with Crippen LogP contribution in [-0.4, -0.2) is 25.1 Å². The van der Waals surface area contributed by atoms with E-state index in [1.807, 2.05) is 39.0 Å². The van der Waals surface area contributed by atoms with Crippen LogP contribution in [0.1, 0.15) is 28.4 Å². The molecule has 2 rings (SSSR count). The summed E-state index contributed by atoms with van der Waals surface area (Å²) in [5.74, 6) is -0.348. The number of anilines is 1. The Morgan fingerprint density at radius 1 is 1.08 bits per heavy atom. The zero-order valence-corrected chi connectivity index (χ0v) is 14.1. The third-order valence-electron chi connectivity index (χ3n) is 3.41. The molecule has 0 atom stereocenters. The standard InChI is InChI=1S/C19H21NO4/c1-4-23-17-8-6-5-7-16(17)20-18(21)12-24-19(22)15-11-13(2)9-10-14(15)3/h5-11H,4,12H2,1-3H3,(H,20,21). The van der Waals surface area contributed by atoms with Crippen molar-refractivity contribution in [2.45, 2.75) is 20.8 Å². The van der Waals surface area contributed by atoms with Gasteiger partial charge in [-0.05, 0) is 44.5 Å². The number of ether oxygens (including phenoxy) is 2. The molecule has 0 spiro atoms. The Morgan fingerprint density at radius 3 is 2.58 bits per heavy atom. The van der Waals surface area contributed by atoms with E-state index in [0.29, 0.717) is 23.6 Å². The molecular weight excluding hydrogens is 306 g/mol. The SMILES string of the molecule is CCOc1ccccc1NC(=O)COC(=O)c1cc(C)ccc1C. The molecule has 2 aromatic carbocycles. The van der Waals surface area contributed by atoms with Crippen LogP contribution in [0.15, 0.2) is 42.5 Å². The fourth-order valence-corrected chi connectivity index (χ4v) is 2.20. The molecule has 1 amide bonds. The maximum atomic E-state index is 12.1. The minimum atomic E-state index is -0.510. The molecule has 0 aliphatic carbocycles. The first-order valence-corrected chi connectivity index (χ1v) is 7.77. The first-order chi connectivity index (χ1) is 11.5. The van der Waals surface area contributed by atoms with Gasteiger partial charge in [-0.3, -0.25) is 4.79 Å². The highest BCUT2D eigenvalue weighted by Gasteiger charge is 2.14. The topological polar surface area (TPSA) is 64.6 Å². The number of aryl methyl sites for hydroxylation is 2. The lowest BCUT2D eigenvalue weighted by Gasteiger charge is -2.12. The molecule has 5 nitrogen and oxygen atoms in total. The van der Waals surface area contributed by atoms with E-state index in [4.69, 9.17) is 9.47 Å². The molecule has 0 bridgehead atoms. The molecule has 0 radical (unpaired) electrons. The lowest BCUT2D eigenvalue weighted by molar-refractivity contribution is -0.119. The fourth-order valence-electron chi connectivity index (χ4n) is 2.20. The number of carbonyl (C=O) groups is 2. The number of hydrogen-bond donors (Lipinski definition) is 1. The monoisotopic (exact) mass is 327 g/mol. The van der Waals surface area contributed by atoms with Crippen LogP contribution < -0.4 is 10.1 Å². The average Bonchev–Trinajstić information content (AvgIpc) is 2.57. The minimum Gasteiger partial charge on any atom is -0.492 e. The Kier molecular flexibility index (Phi) is 5.95. The number of carbonyl (C=O) groups excluding carboxylic acids is 2. The Morgan fingerprint density at radius 2 is 1.83 bits per heavy atom. The summed E-state index contributed by atoms with van der Waals surface area (Å²) >= 11 is 0. The largest absolute Gasteiger partial charge is 0.492 e. The fraction of sp³-hybridized carbons (Fsp3) is 0.263. The summed E-state index contributed by atoms with van der Waals surface area (Å²) in [6.07, 6.45) is 0.